The molecule has 1 amide bonds. The van der Waals surface area contributed by atoms with Crippen LogP contribution in [0.5, 0.6) is 0 Å². The fraction of sp³-hybridized carbons (Fsp3) is 0.600. The van der Waals surface area contributed by atoms with Crippen LogP contribution in [0, 0.1) is 13.8 Å². The molecule has 1 N–H and O–H groups in total. The SMILES string of the molecule is Cc1noc(C)c1CN1CCc2c(C(=O)N3CCCCC3CO)csc2C1. The highest BCUT2D eigenvalue weighted by Crippen LogP contribution is 2.32. The van der Waals surface area contributed by atoms with E-state index in [0.717, 1.165) is 68.9 Å². The van der Waals surface area contributed by atoms with Crippen LogP contribution in [0.3, 0.4) is 0 Å². The number of aryl methyl sites for hydroxylation is 2. The molecule has 0 spiro atoms. The Labute approximate surface area is 163 Å². The zero-order valence-corrected chi connectivity index (χ0v) is 16.8. The Bertz CT molecular complexity index is 809. The van der Waals surface area contributed by atoms with Gasteiger partial charge in [0.15, 0.2) is 0 Å². The third-order valence-electron chi connectivity index (χ3n) is 5.92. The molecule has 0 aliphatic carbocycles. The molecule has 2 aliphatic rings. The third-order valence-corrected chi connectivity index (χ3v) is 6.93. The van der Waals surface area contributed by atoms with Gasteiger partial charge in [-0.1, -0.05) is 5.16 Å². The first-order chi connectivity index (χ1) is 13.1. The molecule has 4 heterocycles. The Morgan fingerprint density at radius 2 is 2.22 bits per heavy atom. The maximum Gasteiger partial charge on any atom is 0.255 e. The maximum absolute atomic E-state index is 13.1. The normalized spacial score (nSPS) is 20.7. The van der Waals surface area contributed by atoms with Gasteiger partial charge in [-0.2, -0.15) is 0 Å². The number of hydrogen-bond acceptors (Lipinski definition) is 6. The van der Waals surface area contributed by atoms with Crippen molar-refractivity contribution in [1.82, 2.24) is 15.0 Å². The van der Waals surface area contributed by atoms with Crippen LogP contribution in [-0.2, 0) is 19.5 Å². The summed E-state index contributed by atoms with van der Waals surface area (Å²) in [5.74, 6) is 0.992. The highest BCUT2D eigenvalue weighted by molar-refractivity contribution is 7.10. The topological polar surface area (TPSA) is 69.8 Å². The molecule has 1 saturated heterocycles. The molecule has 0 aromatic carbocycles. The van der Waals surface area contributed by atoms with Crippen LogP contribution in [0.2, 0.25) is 0 Å². The summed E-state index contributed by atoms with van der Waals surface area (Å²) in [7, 11) is 0. The summed E-state index contributed by atoms with van der Waals surface area (Å²) in [6.07, 6.45) is 3.91. The summed E-state index contributed by atoms with van der Waals surface area (Å²) in [5, 5.41) is 15.7. The summed E-state index contributed by atoms with van der Waals surface area (Å²) in [4.78, 5) is 18.7. The van der Waals surface area contributed by atoms with E-state index in [2.05, 4.69) is 10.1 Å². The smallest absolute Gasteiger partial charge is 0.255 e. The van der Waals surface area contributed by atoms with Crippen molar-refractivity contribution in [1.29, 1.82) is 0 Å². The number of piperidine rings is 1. The quantitative estimate of drug-likeness (QED) is 0.871. The number of nitrogens with zero attached hydrogens (tertiary/aromatic N) is 3. The second-order valence-corrected chi connectivity index (χ2v) is 8.61. The molecular formula is C20H27N3O3S. The van der Waals surface area contributed by atoms with Gasteiger partial charge in [0.25, 0.3) is 5.91 Å². The van der Waals surface area contributed by atoms with Gasteiger partial charge in [-0.05, 0) is 45.1 Å². The number of aliphatic hydroxyl groups excluding tert-OH is 1. The van der Waals surface area contributed by atoms with Crippen LogP contribution in [0.1, 0.15) is 57.1 Å². The van der Waals surface area contributed by atoms with Crippen LogP contribution < -0.4 is 0 Å². The lowest BCUT2D eigenvalue weighted by Gasteiger charge is -2.35. The molecule has 0 bridgehead atoms. The van der Waals surface area contributed by atoms with E-state index in [1.165, 1.54) is 16.0 Å². The minimum atomic E-state index is -0.0265. The van der Waals surface area contributed by atoms with E-state index in [9.17, 15) is 9.90 Å². The van der Waals surface area contributed by atoms with Crippen molar-refractivity contribution in [3.8, 4) is 0 Å². The number of hydrogen-bond donors (Lipinski definition) is 1. The van der Waals surface area contributed by atoms with Crippen molar-refractivity contribution in [3.05, 3.63) is 38.4 Å². The number of carbonyl (C=O) groups is 1. The second kappa shape index (κ2) is 7.73. The lowest BCUT2D eigenvalue weighted by molar-refractivity contribution is 0.0502. The number of carbonyl (C=O) groups excluding carboxylic acids is 1. The van der Waals surface area contributed by atoms with Gasteiger partial charge in [0.2, 0.25) is 0 Å². The highest BCUT2D eigenvalue weighted by atomic mass is 32.1. The van der Waals surface area contributed by atoms with Crippen molar-refractivity contribution >= 4 is 17.2 Å². The predicted molar refractivity (Wildman–Crippen MR) is 104 cm³/mol. The molecule has 2 aromatic rings. The summed E-state index contributed by atoms with van der Waals surface area (Å²) < 4.78 is 5.29. The van der Waals surface area contributed by atoms with E-state index in [-0.39, 0.29) is 18.6 Å². The summed E-state index contributed by atoms with van der Waals surface area (Å²) in [6, 6.07) is -0.0265. The first-order valence-corrected chi connectivity index (χ1v) is 10.6. The minimum absolute atomic E-state index is 0.0265. The molecule has 1 atom stereocenters. The van der Waals surface area contributed by atoms with E-state index in [4.69, 9.17) is 4.52 Å². The van der Waals surface area contributed by atoms with E-state index < -0.39 is 0 Å². The number of fused-ring (bicyclic) bond motifs is 1. The van der Waals surface area contributed by atoms with E-state index in [0.29, 0.717) is 0 Å². The molecule has 1 unspecified atom stereocenters. The Hall–Kier alpha value is -1.70. The molecule has 0 saturated carbocycles. The number of thiophene rings is 1. The number of aromatic nitrogens is 1. The van der Waals surface area contributed by atoms with Crippen LogP contribution >= 0.6 is 11.3 Å². The summed E-state index contributed by atoms with van der Waals surface area (Å²) >= 11 is 1.69. The molecular weight excluding hydrogens is 362 g/mol. The molecule has 0 radical (unpaired) electrons. The van der Waals surface area contributed by atoms with Crippen LogP contribution in [0.25, 0.3) is 0 Å². The average molecular weight is 390 g/mol. The Balaban J connectivity index is 1.49. The van der Waals surface area contributed by atoms with Crippen LogP contribution in [0.15, 0.2) is 9.90 Å². The van der Waals surface area contributed by atoms with Crippen molar-refractivity contribution in [2.24, 2.45) is 0 Å². The van der Waals surface area contributed by atoms with E-state index in [1.807, 2.05) is 24.1 Å². The number of likely N-dealkylation sites (tertiary alicyclic amines) is 1. The molecule has 2 aliphatic heterocycles. The Morgan fingerprint density at radius 1 is 1.37 bits per heavy atom. The minimum Gasteiger partial charge on any atom is -0.394 e. The highest BCUT2D eigenvalue weighted by Gasteiger charge is 2.31. The molecule has 6 nitrogen and oxygen atoms in total. The van der Waals surface area contributed by atoms with Gasteiger partial charge >= 0.3 is 0 Å². The lowest BCUT2D eigenvalue weighted by atomic mass is 9.98. The molecule has 7 heteroatoms. The van der Waals surface area contributed by atoms with Crippen molar-refractivity contribution in [2.75, 3.05) is 19.7 Å². The van der Waals surface area contributed by atoms with Crippen LogP contribution in [0.4, 0.5) is 0 Å². The van der Waals surface area contributed by atoms with Gasteiger partial charge < -0.3 is 14.5 Å². The van der Waals surface area contributed by atoms with Gasteiger partial charge in [0.1, 0.15) is 5.76 Å². The second-order valence-electron chi connectivity index (χ2n) is 7.65. The molecule has 146 valence electrons. The third kappa shape index (κ3) is 3.56. The number of aliphatic hydroxyl groups is 1. The molecule has 1 fully saturated rings. The lowest BCUT2D eigenvalue weighted by Crippen LogP contribution is -2.46. The maximum atomic E-state index is 13.1. The summed E-state index contributed by atoms with van der Waals surface area (Å²) in [6.45, 7) is 7.39. The first kappa shape index (κ1) is 18.7. The standard InChI is InChI=1S/C20H27N3O3S/c1-13-17(14(2)26-21-13)9-22-8-6-16-18(12-27-19(16)10-22)20(25)23-7-4-3-5-15(23)11-24/h12,15,24H,3-11H2,1-2H3. The van der Waals surface area contributed by atoms with Gasteiger partial charge in [-0.25, -0.2) is 0 Å². The summed E-state index contributed by atoms with van der Waals surface area (Å²) in [5.41, 5.74) is 4.19. The Kier molecular flexibility index (Phi) is 5.34. The zero-order valence-electron chi connectivity index (χ0n) is 16.0. The van der Waals surface area contributed by atoms with Gasteiger partial charge in [-0.3, -0.25) is 9.69 Å². The van der Waals surface area contributed by atoms with Crippen LogP contribution in [-0.4, -0.2) is 51.7 Å². The van der Waals surface area contributed by atoms with Gasteiger partial charge in [-0.15, -0.1) is 11.3 Å². The van der Waals surface area contributed by atoms with E-state index >= 15 is 0 Å². The first-order valence-electron chi connectivity index (χ1n) is 9.73. The van der Waals surface area contributed by atoms with E-state index in [1.54, 1.807) is 11.3 Å². The van der Waals surface area contributed by atoms with Crippen molar-refractivity contribution in [2.45, 2.75) is 58.7 Å². The Morgan fingerprint density at radius 3 is 2.96 bits per heavy atom. The number of rotatable bonds is 4. The zero-order chi connectivity index (χ0) is 19.0. The molecule has 27 heavy (non-hydrogen) atoms. The molecule has 2 aromatic heterocycles. The van der Waals surface area contributed by atoms with Gasteiger partial charge in [0.05, 0.1) is 23.9 Å². The fourth-order valence-corrected chi connectivity index (χ4v) is 5.37. The molecule has 4 rings (SSSR count). The fourth-order valence-electron chi connectivity index (χ4n) is 4.26. The predicted octanol–water partition coefficient (Wildman–Crippen LogP) is 2.90. The van der Waals surface area contributed by atoms with Gasteiger partial charge in [0, 0.05) is 42.0 Å². The van der Waals surface area contributed by atoms with Crippen molar-refractivity contribution < 1.29 is 14.4 Å². The monoisotopic (exact) mass is 389 g/mol. The van der Waals surface area contributed by atoms with Crippen molar-refractivity contribution in [3.63, 3.8) is 0 Å². The average Bonchev–Trinajstić information content (AvgIpc) is 3.25. The number of amides is 1. The largest absolute Gasteiger partial charge is 0.394 e.